The number of aromatic nitrogens is 3. The molecule has 164 valence electrons. The van der Waals surface area contributed by atoms with Crippen molar-refractivity contribution in [3.63, 3.8) is 0 Å². The van der Waals surface area contributed by atoms with Crippen LogP contribution in [0.25, 0.3) is 11.2 Å². The Morgan fingerprint density at radius 2 is 1.97 bits per heavy atom. The molecular formula is C23H28N4O4. The van der Waals surface area contributed by atoms with Crippen LogP contribution in [0.1, 0.15) is 43.7 Å². The van der Waals surface area contributed by atoms with Gasteiger partial charge in [0.25, 0.3) is 0 Å². The van der Waals surface area contributed by atoms with Gasteiger partial charge in [-0.2, -0.15) is 0 Å². The van der Waals surface area contributed by atoms with Gasteiger partial charge in [-0.15, -0.1) is 0 Å². The molecule has 2 aromatic heterocycles. The van der Waals surface area contributed by atoms with Gasteiger partial charge in [0.1, 0.15) is 18.0 Å². The Morgan fingerprint density at radius 1 is 1.16 bits per heavy atom. The highest BCUT2D eigenvalue weighted by atomic mass is 16.5. The van der Waals surface area contributed by atoms with Gasteiger partial charge in [0.2, 0.25) is 5.91 Å². The fourth-order valence-corrected chi connectivity index (χ4v) is 4.34. The molecule has 0 spiro atoms. The molecule has 0 radical (unpaired) electrons. The number of hydrogen-bond donors (Lipinski definition) is 1. The van der Waals surface area contributed by atoms with Crippen LogP contribution in [0.5, 0.6) is 11.5 Å². The smallest absolute Gasteiger partial charge is 0.331 e. The SMILES string of the molecule is COc1ccc(OC)c(CNC(=O)Cn2c(=O)n(C3CCCCC3)c3ncccc32)c1. The van der Waals surface area contributed by atoms with Gasteiger partial charge in [0.05, 0.1) is 19.7 Å². The van der Waals surface area contributed by atoms with Crippen molar-refractivity contribution in [3.8, 4) is 11.5 Å². The molecule has 31 heavy (non-hydrogen) atoms. The molecule has 1 N–H and O–H groups in total. The van der Waals surface area contributed by atoms with E-state index in [2.05, 4.69) is 10.3 Å². The molecule has 8 heteroatoms. The number of pyridine rings is 1. The van der Waals surface area contributed by atoms with Crippen molar-refractivity contribution in [2.24, 2.45) is 0 Å². The fourth-order valence-electron chi connectivity index (χ4n) is 4.34. The van der Waals surface area contributed by atoms with Gasteiger partial charge in [-0.1, -0.05) is 19.3 Å². The topological polar surface area (TPSA) is 87.4 Å². The summed E-state index contributed by atoms with van der Waals surface area (Å²) in [6, 6.07) is 9.21. The van der Waals surface area contributed by atoms with Crippen LogP contribution in [0.2, 0.25) is 0 Å². The number of imidazole rings is 1. The van der Waals surface area contributed by atoms with Gasteiger partial charge in [-0.05, 0) is 43.2 Å². The molecule has 3 aromatic rings. The summed E-state index contributed by atoms with van der Waals surface area (Å²) < 4.78 is 13.9. The number of methoxy groups -OCH3 is 2. The van der Waals surface area contributed by atoms with Crippen molar-refractivity contribution in [1.29, 1.82) is 0 Å². The van der Waals surface area contributed by atoms with Crippen LogP contribution < -0.4 is 20.5 Å². The van der Waals surface area contributed by atoms with Crippen molar-refractivity contribution in [3.05, 3.63) is 52.6 Å². The normalized spacial score (nSPS) is 14.5. The van der Waals surface area contributed by atoms with Crippen molar-refractivity contribution in [1.82, 2.24) is 19.4 Å². The highest BCUT2D eigenvalue weighted by Crippen LogP contribution is 2.29. The number of rotatable bonds is 7. The minimum Gasteiger partial charge on any atom is -0.497 e. The van der Waals surface area contributed by atoms with Crippen molar-refractivity contribution >= 4 is 17.1 Å². The fraction of sp³-hybridized carbons (Fsp3) is 0.435. The molecular weight excluding hydrogens is 396 g/mol. The Kier molecular flexibility index (Phi) is 6.25. The zero-order valence-corrected chi connectivity index (χ0v) is 18.0. The van der Waals surface area contributed by atoms with Crippen LogP contribution in [-0.2, 0) is 17.9 Å². The lowest BCUT2D eigenvalue weighted by atomic mass is 9.95. The summed E-state index contributed by atoms with van der Waals surface area (Å²) in [7, 11) is 3.17. The average molecular weight is 425 g/mol. The maximum absolute atomic E-state index is 13.3. The van der Waals surface area contributed by atoms with Gasteiger partial charge >= 0.3 is 5.69 Å². The number of hydrogen-bond acceptors (Lipinski definition) is 5. The molecule has 4 rings (SSSR count). The number of carbonyl (C=O) groups is 1. The molecule has 1 amide bonds. The zero-order chi connectivity index (χ0) is 21.8. The minimum atomic E-state index is -0.251. The second-order valence-electron chi connectivity index (χ2n) is 7.83. The highest BCUT2D eigenvalue weighted by Gasteiger charge is 2.24. The Labute approximate surface area is 180 Å². The van der Waals surface area contributed by atoms with Crippen LogP contribution >= 0.6 is 0 Å². The molecule has 1 aliphatic carbocycles. The predicted molar refractivity (Wildman–Crippen MR) is 118 cm³/mol. The molecule has 1 aromatic carbocycles. The van der Waals surface area contributed by atoms with E-state index in [1.54, 1.807) is 43.2 Å². The number of nitrogens with zero attached hydrogens (tertiary/aromatic N) is 3. The van der Waals surface area contributed by atoms with Gasteiger partial charge in [-0.25, -0.2) is 9.78 Å². The first-order chi connectivity index (χ1) is 15.1. The largest absolute Gasteiger partial charge is 0.497 e. The first-order valence-electron chi connectivity index (χ1n) is 10.7. The Balaban J connectivity index is 1.56. The predicted octanol–water partition coefficient (Wildman–Crippen LogP) is 3.04. The Morgan fingerprint density at radius 3 is 2.71 bits per heavy atom. The van der Waals surface area contributed by atoms with E-state index >= 15 is 0 Å². The van der Waals surface area contributed by atoms with Crippen LogP contribution in [0.4, 0.5) is 0 Å². The van der Waals surface area contributed by atoms with Crippen LogP contribution in [0, 0.1) is 0 Å². The summed E-state index contributed by atoms with van der Waals surface area (Å²) in [6.45, 7) is 0.209. The molecule has 0 saturated heterocycles. The van der Waals surface area contributed by atoms with E-state index in [4.69, 9.17) is 9.47 Å². The summed E-state index contributed by atoms with van der Waals surface area (Å²) in [6.07, 6.45) is 7.06. The summed E-state index contributed by atoms with van der Waals surface area (Å²) >= 11 is 0. The first kappa shape index (κ1) is 21.0. The van der Waals surface area contributed by atoms with Crippen molar-refractivity contribution in [2.75, 3.05) is 14.2 Å². The zero-order valence-electron chi connectivity index (χ0n) is 18.0. The number of carbonyl (C=O) groups excluding carboxylic acids is 1. The molecule has 1 saturated carbocycles. The highest BCUT2D eigenvalue weighted by molar-refractivity contribution is 5.79. The van der Waals surface area contributed by atoms with Crippen molar-refractivity contribution in [2.45, 2.75) is 51.2 Å². The van der Waals surface area contributed by atoms with Crippen LogP contribution in [0.3, 0.4) is 0 Å². The number of benzene rings is 1. The van der Waals surface area contributed by atoms with E-state index in [1.807, 2.05) is 12.1 Å². The average Bonchev–Trinajstić information content (AvgIpc) is 3.09. The summed E-state index contributed by atoms with van der Waals surface area (Å²) in [5.74, 6) is 1.10. The second kappa shape index (κ2) is 9.24. The first-order valence-corrected chi connectivity index (χ1v) is 10.7. The maximum atomic E-state index is 13.3. The summed E-state index contributed by atoms with van der Waals surface area (Å²) in [5.41, 5.74) is 1.97. The number of amides is 1. The van der Waals surface area contributed by atoms with Gasteiger partial charge in [-0.3, -0.25) is 13.9 Å². The van der Waals surface area contributed by atoms with E-state index in [9.17, 15) is 9.59 Å². The molecule has 0 bridgehead atoms. The van der Waals surface area contributed by atoms with Gasteiger partial charge in [0.15, 0.2) is 5.65 Å². The number of ether oxygens (including phenoxy) is 2. The summed E-state index contributed by atoms with van der Waals surface area (Å²) in [5, 5.41) is 2.89. The van der Waals surface area contributed by atoms with Gasteiger partial charge < -0.3 is 14.8 Å². The quantitative estimate of drug-likeness (QED) is 0.630. The van der Waals surface area contributed by atoms with Crippen LogP contribution in [-0.4, -0.2) is 34.2 Å². The minimum absolute atomic E-state index is 0.0625. The van der Waals surface area contributed by atoms with Gasteiger partial charge in [0, 0.05) is 24.3 Å². The lowest BCUT2D eigenvalue weighted by Crippen LogP contribution is -2.34. The van der Waals surface area contributed by atoms with Crippen LogP contribution in [0.15, 0.2) is 41.3 Å². The monoisotopic (exact) mass is 424 g/mol. The maximum Gasteiger partial charge on any atom is 0.331 e. The Bertz CT molecular complexity index is 1130. The van der Waals surface area contributed by atoms with E-state index in [0.717, 1.165) is 31.2 Å². The van der Waals surface area contributed by atoms with E-state index < -0.39 is 0 Å². The van der Waals surface area contributed by atoms with E-state index in [-0.39, 0.29) is 30.7 Å². The third kappa shape index (κ3) is 4.28. The molecule has 0 aliphatic heterocycles. The number of nitrogens with one attached hydrogen (secondary N) is 1. The third-order valence-electron chi connectivity index (χ3n) is 5.93. The second-order valence-corrected chi connectivity index (χ2v) is 7.83. The third-order valence-corrected chi connectivity index (χ3v) is 5.93. The summed E-state index contributed by atoms with van der Waals surface area (Å²) in [4.78, 5) is 30.5. The molecule has 0 unspecified atom stereocenters. The number of fused-ring (bicyclic) bond motifs is 1. The van der Waals surface area contributed by atoms with E-state index in [1.165, 1.54) is 11.0 Å². The molecule has 2 heterocycles. The Hall–Kier alpha value is -3.29. The molecule has 1 aliphatic rings. The molecule has 8 nitrogen and oxygen atoms in total. The van der Waals surface area contributed by atoms with E-state index in [0.29, 0.717) is 22.7 Å². The lowest BCUT2D eigenvalue weighted by Gasteiger charge is -2.22. The lowest BCUT2D eigenvalue weighted by molar-refractivity contribution is -0.121. The van der Waals surface area contributed by atoms with Crippen molar-refractivity contribution < 1.29 is 14.3 Å². The molecule has 1 fully saturated rings. The standard InChI is InChI=1S/C23H28N4O4/c1-30-18-10-11-20(31-2)16(13-18)14-25-21(28)15-26-19-9-6-12-24-22(19)27(23(26)29)17-7-4-3-5-8-17/h6,9-13,17H,3-5,7-8,14-15H2,1-2H3,(H,25,28). The molecule has 0 atom stereocenters.